The summed E-state index contributed by atoms with van der Waals surface area (Å²) in [6.45, 7) is 4.36. The summed E-state index contributed by atoms with van der Waals surface area (Å²) in [5.74, 6) is 1.07. The highest BCUT2D eigenvalue weighted by Crippen LogP contribution is 2.42. The molecule has 0 nitrogen and oxygen atoms in total. The average molecular weight is 184 g/mol. The lowest BCUT2D eigenvalue weighted by molar-refractivity contribution is 0.351. The molecule has 0 N–H and O–H groups in total. The van der Waals surface area contributed by atoms with Crippen LogP contribution in [0.1, 0.15) is 46.0 Å². The fourth-order valence-corrected chi connectivity index (χ4v) is 2.42. The van der Waals surface area contributed by atoms with Crippen molar-refractivity contribution in [3.63, 3.8) is 0 Å². The maximum absolute atomic E-state index is 4.47. The summed E-state index contributed by atoms with van der Waals surface area (Å²) in [4.78, 5) is 0. The molecule has 0 aromatic heterocycles. The van der Waals surface area contributed by atoms with Crippen molar-refractivity contribution in [2.24, 2.45) is 5.41 Å². The number of hydrogen-bond acceptors (Lipinski definition) is 1. The van der Waals surface area contributed by atoms with Gasteiger partial charge in [-0.15, -0.1) is 0 Å². The molecule has 1 rings (SSSR count). The van der Waals surface area contributed by atoms with E-state index < -0.39 is 0 Å². The lowest BCUT2D eigenvalue weighted by atomic mass is 9.84. The first-order chi connectivity index (χ1) is 5.68. The minimum Gasteiger partial charge on any atom is -0.179 e. The smallest absolute Gasteiger partial charge is 0.00382 e. The maximum atomic E-state index is 4.47. The average Bonchev–Trinajstić information content (AvgIpc) is 2.50. The van der Waals surface area contributed by atoms with Crippen molar-refractivity contribution in [3.05, 3.63) is 11.6 Å². The first-order valence-electron chi connectivity index (χ1n) is 4.93. The third-order valence-electron chi connectivity index (χ3n) is 2.94. The molecule has 1 heteroatoms. The van der Waals surface area contributed by atoms with Crippen LogP contribution in [0.2, 0.25) is 0 Å². The largest absolute Gasteiger partial charge is 0.179 e. The van der Waals surface area contributed by atoms with Crippen molar-refractivity contribution in [3.8, 4) is 0 Å². The molecule has 0 atom stereocenters. The van der Waals surface area contributed by atoms with Crippen LogP contribution in [0.4, 0.5) is 0 Å². The molecule has 1 aliphatic carbocycles. The van der Waals surface area contributed by atoms with Gasteiger partial charge in [0.25, 0.3) is 0 Å². The molecule has 0 radical (unpaired) electrons. The Labute approximate surface area is 81.8 Å². The fraction of sp³-hybridized carbons (Fsp3) is 0.818. The molecule has 1 saturated carbocycles. The normalized spacial score (nSPS) is 20.9. The highest BCUT2D eigenvalue weighted by atomic mass is 32.1. The van der Waals surface area contributed by atoms with Gasteiger partial charge in [-0.3, -0.25) is 0 Å². The molecule has 12 heavy (non-hydrogen) atoms. The quantitative estimate of drug-likeness (QED) is 0.500. The molecule has 0 amide bonds. The van der Waals surface area contributed by atoms with Gasteiger partial charge in [0.05, 0.1) is 0 Å². The first-order valence-corrected chi connectivity index (χ1v) is 5.56. The van der Waals surface area contributed by atoms with Gasteiger partial charge >= 0.3 is 0 Å². The van der Waals surface area contributed by atoms with Crippen molar-refractivity contribution in [1.29, 1.82) is 0 Å². The fourth-order valence-electron chi connectivity index (χ4n) is 1.97. The van der Waals surface area contributed by atoms with E-state index >= 15 is 0 Å². The Balaban J connectivity index is 2.50. The van der Waals surface area contributed by atoms with Gasteiger partial charge in [0.2, 0.25) is 0 Å². The maximum Gasteiger partial charge on any atom is -0.00382 e. The van der Waals surface area contributed by atoms with Gasteiger partial charge in [-0.2, -0.15) is 12.6 Å². The van der Waals surface area contributed by atoms with Crippen LogP contribution in [0, 0.1) is 5.41 Å². The van der Waals surface area contributed by atoms with Crippen LogP contribution in [-0.2, 0) is 0 Å². The summed E-state index contributed by atoms with van der Waals surface area (Å²) < 4.78 is 0. The van der Waals surface area contributed by atoms with Crippen LogP contribution < -0.4 is 0 Å². The molecule has 1 aliphatic rings. The summed E-state index contributed by atoms with van der Waals surface area (Å²) in [5.41, 5.74) is 2.00. The van der Waals surface area contributed by atoms with E-state index in [1.807, 2.05) is 0 Å². The Kier molecular flexibility index (Phi) is 3.70. The second-order valence-corrected chi connectivity index (χ2v) is 4.67. The van der Waals surface area contributed by atoms with Gasteiger partial charge in [-0.05, 0) is 44.3 Å². The molecular weight excluding hydrogens is 164 g/mol. The molecule has 0 heterocycles. The Morgan fingerprint density at radius 1 is 1.33 bits per heavy atom. The lowest BCUT2D eigenvalue weighted by Gasteiger charge is -2.25. The van der Waals surface area contributed by atoms with Crippen LogP contribution >= 0.6 is 12.6 Å². The first kappa shape index (κ1) is 10.2. The highest BCUT2D eigenvalue weighted by Gasteiger charge is 2.30. The Hall–Kier alpha value is 0.0900. The van der Waals surface area contributed by atoms with Gasteiger partial charge in [0, 0.05) is 0 Å². The Morgan fingerprint density at radius 3 is 2.33 bits per heavy atom. The van der Waals surface area contributed by atoms with Crippen molar-refractivity contribution >= 4 is 12.6 Å². The van der Waals surface area contributed by atoms with Crippen molar-refractivity contribution in [2.75, 3.05) is 5.75 Å². The van der Waals surface area contributed by atoms with Gasteiger partial charge in [-0.1, -0.05) is 24.5 Å². The van der Waals surface area contributed by atoms with Crippen LogP contribution in [0.25, 0.3) is 0 Å². The van der Waals surface area contributed by atoms with Crippen molar-refractivity contribution < 1.29 is 0 Å². The van der Waals surface area contributed by atoms with Gasteiger partial charge in [-0.25, -0.2) is 0 Å². The van der Waals surface area contributed by atoms with E-state index in [0.717, 1.165) is 5.75 Å². The second kappa shape index (κ2) is 4.36. The zero-order valence-electron chi connectivity index (χ0n) is 8.27. The van der Waals surface area contributed by atoms with Gasteiger partial charge < -0.3 is 0 Å². The van der Waals surface area contributed by atoms with E-state index in [1.165, 1.54) is 37.7 Å². The standard InChI is InChI=1S/C11H20S/c1-10(2)5-8-11(9-12)6-3-4-7-11/h5,12H,3-4,6-9H2,1-2H3. The molecule has 0 bridgehead atoms. The van der Waals surface area contributed by atoms with Crippen molar-refractivity contribution in [2.45, 2.75) is 46.0 Å². The van der Waals surface area contributed by atoms with Crippen molar-refractivity contribution in [1.82, 2.24) is 0 Å². The molecule has 0 aromatic carbocycles. The van der Waals surface area contributed by atoms with E-state index in [4.69, 9.17) is 0 Å². The zero-order valence-corrected chi connectivity index (χ0v) is 9.16. The van der Waals surface area contributed by atoms with E-state index in [1.54, 1.807) is 0 Å². The summed E-state index contributed by atoms with van der Waals surface area (Å²) >= 11 is 4.47. The van der Waals surface area contributed by atoms with Crippen LogP contribution in [0.15, 0.2) is 11.6 Å². The van der Waals surface area contributed by atoms with Gasteiger partial charge in [0.15, 0.2) is 0 Å². The third-order valence-corrected chi connectivity index (χ3v) is 3.61. The Bertz CT molecular complexity index is 160. The molecule has 0 aromatic rings. The molecule has 1 fully saturated rings. The monoisotopic (exact) mass is 184 g/mol. The van der Waals surface area contributed by atoms with E-state index in [-0.39, 0.29) is 0 Å². The summed E-state index contributed by atoms with van der Waals surface area (Å²) in [6.07, 6.45) is 9.23. The molecule has 0 aliphatic heterocycles. The number of hydrogen-bond donors (Lipinski definition) is 1. The lowest BCUT2D eigenvalue weighted by Crippen LogP contribution is -2.17. The number of thiol groups is 1. The minimum absolute atomic E-state index is 0.556. The Morgan fingerprint density at radius 2 is 1.92 bits per heavy atom. The van der Waals surface area contributed by atoms with Crippen LogP contribution in [0.5, 0.6) is 0 Å². The summed E-state index contributed by atoms with van der Waals surface area (Å²) in [7, 11) is 0. The molecule has 0 unspecified atom stereocenters. The van der Waals surface area contributed by atoms with Gasteiger partial charge in [0.1, 0.15) is 0 Å². The topological polar surface area (TPSA) is 0 Å². The summed E-state index contributed by atoms with van der Waals surface area (Å²) in [5, 5.41) is 0. The second-order valence-electron chi connectivity index (χ2n) is 4.35. The molecule has 0 spiro atoms. The number of allylic oxidation sites excluding steroid dienone is 2. The predicted molar refractivity (Wildman–Crippen MR) is 58.8 cm³/mol. The van der Waals surface area contributed by atoms with E-state index in [2.05, 4.69) is 32.6 Å². The molecular formula is C11H20S. The number of rotatable bonds is 3. The predicted octanol–water partition coefficient (Wildman–Crippen LogP) is 3.83. The van der Waals surface area contributed by atoms with E-state index in [9.17, 15) is 0 Å². The van der Waals surface area contributed by atoms with Crippen LogP contribution in [-0.4, -0.2) is 5.75 Å². The zero-order chi connectivity index (χ0) is 9.03. The summed E-state index contributed by atoms with van der Waals surface area (Å²) in [6, 6.07) is 0. The van der Waals surface area contributed by atoms with Crippen LogP contribution in [0.3, 0.4) is 0 Å². The molecule has 0 saturated heterocycles. The minimum atomic E-state index is 0.556. The van der Waals surface area contributed by atoms with E-state index in [0.29, 0.717) is 5.41 Å². The highest BCUT2D eigenvalue weighted by molar-refractivity contribution is 7.80. The molecule has 70 valence electrons. The SMILES string of the molecule is CC(C)=CCC1(CS)CCCC1. The third kappa shape index (κ3) is 2.55.